The van der Waals surface area contributed by atoms with Gasteiger partial charge in [0.25, 0.3) is 5.91 Å². The van der Waals surface area contributed by atoms with Gasteiger partial charge in [-0.25, -0.2) is 17.6 Å². The molecule has 1 aromatic carbocycles. The number of benzene rings is 1. The molecular formula is C21H28F4N2O5S. The number of hydrogen-bond acceptors (Lipinski definition) is 5. The van der Waals surface area contributed by atoms with Crippen LogP contribution < -0.4 is 5.32 Å². The largest absolute Gasteiger partial charge is 0.490 e. The number of alkyl halides is 3. The third-order valence-electron chi connectivity index (χ3n) is 5.76. The van der Waals surface area contributed by atoms with Crippen molar-refractivity contribution in [3.05, 3.63) is 35.6 Å². The number of nitrogens with zero attached hydrogens (tertiary/aromatic N) is 1. The maximum atomic E-state index is 13.0. The Balaban J connectivity index is 0.000000479. The Morgan fingerprint density at radius 1 is 1.18 bits per heavy atom. The number of carbonyl (C=O) groups excluding carboxylic acids is 1. The average Bonchev–Trinajstić information content (AvgIpc) is 3.15. The lowest BCUT2D eigenvalue weighted by atomic mass is 9.95. The van der Waals surface area contributed by atoms with Crippen LogP contribution in [0, 0.1) is 17.7 Å². The molecule has 0 saturated carbocycles. The van der Waals surface area contributed by atoms with E-state index in [4.69, 9.17) is 9.90 Å². The highest BCUT2D eigenvalue weighted by Crippen LogP contribution is 2.33. The number of fused-ring (bicyclic) bond motifs is 1. The summed E-state index contributed by atoms with van der Waals surface area (Å²) < 4.78 is 69.8. The van der Waals surface area contributed by atoms with Crippen molar-refractivity contribution >= 4 is 21.7 Å². The molecule has 2 N–H and O–H groups in total. The van der Waals surface area contributed by atoms with Gasteiger partial charge in [0.05, 0.1) is 11.0 Å². The van der Waals surface area contributed by atoms with Crippen molar-refractivity contribution in [3.8, 4) is 0 Å². The number of sulfone groups is 1. The maximum absolute atomic E-state index is 13.0. The fourth-order valence-electron chi connectivity index (χ4n) is 3.96. The second kappa shape index (κ2) is 10.8. The molecule has 0 bridgehead atoms. The minimum absolute atomic E-state index is 0.0784. The Bertz CT molecular complexity index is 935. The number of carboxylic acids is 1. The van der Waals surface area contributed by atoms with E-state index in [1.54, 1.807) is 0 Å². The van der Waals surface area contributed by atoms with E-state index in [9.17, 15) is 30.8 Å². The first-order valence-electron chi connectivity index (χ1n) is 10.5. The zero-order valence-electron chi connectivity index (χ0n) is 18.3. The molecule has 3 unspecified atom stereocenters. The zero-order chi connectivity index (χ0) is 25.0. The molecule has 1 amide bonds. The van der Waals surface area contributed by atoms with Gasteiger partial charge in [0.15, 0.2) is 9.84 Å². The van der Waals surface area contributed by atoms with E-state index in [0.717, 1.165) is 13.0 Å². The van der Waals surface area contributed by atoms with Gasteiger partial charge in [0.1, 0.15) is 5.82 Å². The molecule has 3 atom stereocenters. The highest BCUT2D eigenvalue weighted by Gasteiger charge is 2.48. The molecule has 2 aliphatic rings. The first kappa shape index (κ1) is 27.0. The fourth-order valence-corrected chi connectivity index (χ4v) is 6.09. The highest BCUT2D eigenvalue weighted by atomic mass is 32.2. The molecule has 3 rings (SSSR count). The molecule has 0 aliphatic carbocycles. The van der Waals surface area contributed by atoms with Gasteiger partial charge in [0.2, 0.25) is 0 Å². The van der Waals surface area contributed by atoms with Crippen LogP contribution in [0.2, 0.25) is 0 Å². The summed E-state index contributed by atoms with van der Waals surface area (Å²) in [6.07, 6.45) is -3.61. The van der Waals surface area contributed by atoms with Gasteiger partial charge >= 0.3 is 12.1 Å². The average molecular weight is 497 g/mol. The van der Waals surface area contributed by atoms with E-state index in [2.05, 4.69) is 24.1 Å². The number of carboxylic acid groups (broad SMARTS) is 1. The van der Waals surface area contributed by atoms with E-state index < -0.39 is 27.2 Å². The van der Waals surface area contributed by atoms with Gasteiger partial charge in [0, 0.05) is 30.6 Å². The summed E-state index contributed by atoms with van der Waals surface area (Å²) in [5.41, 5.74) is 0.394. The summed E-state index contributed by atoms with van der Waals surface area (Å²) in [5.74, 6) is -2.81. The van der Waals surface area contributed by atoms with Crippen LogP contribution in [0.3, 0.4) is 0 Å². The fraction of sp³-hybridized carbons (Fsp3) is 0.619. The van der Waals surface area contributed by atoms with Gasteiger partial charge in [-0.15, -0.1) is 0 Å². The van der Waals surface area contributed by atoms with Crippen molar-refractivity contribution in [1.82, 2.24) is 10.2 Å². The van der Waals surface area contributed by atoms with E-state index in [0.29, 0.717) is 31.0 Å². The number of halogens is 4. The van der Waals surface area contributed by atoms with Crippen LogP contribution in [0.15, 0.2) is 24.3 Å². The van der Waals surface area contributed by atoms with Gasteiger partial charge < -0.3 is 15.3 Å². The summed E-state index contributed by atoms with van der Waals surface area (Å²) in [5, 5.41) is 9.72. The maximum Gasteiger partial charge on any atom is 0.490 e. The number of hydrogen-bond donors (Lipinski definition) is 2. The summed E-state index contributed by atoms with van der Waals surface area (Å²) in [4.78, 5) is 23.6. The van der Waals surface area contributed by atoms with Gasteiger partial charge in [-0.1, -0.05) is 13.8 Å². The van der Waals surface area contributed by atoms with E-state index in [1.807, 2.05) is 0 Å². The van der Waals surface area contributed by atoms with Crippen molar-refractivity contribution in [1.29, 1.82) is 0 Å². The van der Waals surface area contributed by atoms with Crippen LogP contribution in [0.5, 0.6) is 0 Å². The molecule has 1 aromatic rings. The molecule has 0 radical (unpaired) electrons. The molecule has 2 saturated heterocycles. The van der Waals surface area contributed by atoms with E-state index >= 15 is 0 Å². The lowest BCUT2D eigenvalue weighted by Gasteiger charge is -2.33. The van der Waals surface area contributed by atoms with Crippen molar-refractivity contribution in [3.63, 3.8) is 0 Å². The van der Waals surface area contributed by atoms with Crippen LogP contribution >= 0.6 is 0 Å². The number of amides is 1. The van der Waals surface area contributed by atoms with Crippen molar-refractivity contribution < 1.29 is 40.7 Å². The van der Waals surface area contributed by atoms with Crippen LogP contribution in [-0.4, -0.2) is 73.2 Å². The lowest BCUT2D eigenvalue weighted by Crippen LogP contribution is -2.51. The molecule has 2 fully saturated rings. The molecule has 186 valence electrons. The van der Waals surface area contributed by atoms with Crippen LogP contribution in [0.25, 0.3) is 0 Å². The molecule has 0 spiro atoms. The number of likely N-dealkylation sites (tertiary alicyclic amines) is 1. The summed E-state index contributed by atoms with van der Waals surface area (Å²) in [6, 6.07) is 5.25. The highest BCUT2D eigenvalue weighted by molar-refractivity contribution is 7.92. The van der Waals surface area contributed by atoms with Crippen molar-refractivity contribution in [2.24, 2.45) is 11.8 Å². The lowest BCUT2D eigenvalue weighted by molar-refractivity contribution is -0.192. The second-order valence-corrected chi connectivity index (χ2v) is 11.0. The van der Waals surface area contributed by atoms with E-state index in [-0.39, 0.29) is 29.4 Å². The third kappa shape index (κ3) is 7.66. The predicted molar refractivity (Wildman–Crippen MR) is 113 cm³/mol. The molecule has 33 heavy (non-hydrogen) atoms. The number of aliphatic carboxylic acids is 1. The minimum atomic E-state index is -5.08. The standard InChI is InChI=1S/C19H27FN2O3S.C2HF3O2/c1-13(2)7-9-22-11-16-17(8-10-26(24,25)18(16)12-22)21-19(23)14-3-5-15(20)6-4-14;3-2(4,5)1(6)7/h3-6,13,16-18H,7-12H2,1-2H3,(H,21,23);(H,6,7). The van der Waals surface area contributed by atoms with Crippen LogP contribution in [0.1, 0.15) is 37.0 Å². The smallest absolute Gasteiger partial charge is 0.475 e. The van der Waals surface area contributed by atoms with Crippen molar-refractivity contribution in [2.45, 2.75) is 44.2 Å². The Labute approximate surface area is 190 Å². The van der Waals surface area contributed by atoms with Gasteiger partial charge in [-0.3, -0.25) is 4.79 Å². The number of carbonyl (C=O) groups is 2. The summed E-state index contributed by atoms with van der Waals surface area (Å²) >= 11 is 0. The Morgan fingerprint density at radius 3 is 2.27 bits per heavy atom. The molecular weight excluding hydrogens is 468 g/mol. The molecule has 7 nitrogen and oxygen atoms in total. The van der Waals surface area contributed by atoms with Crippen LogP contribution in [0.4, 0.5) is 17.6 Å². The molecule has 12 heteroatoms. The topological polar surface area (TPSA) is 104 Å². The second-order valence-electron chi connectivity index (χ2n) is 8.69. The molecule has 2 heterocycles. The van der Waals surface area contributed by atoms with Gasteiger partial charge in [-0.2, -0.15) is 13.2 Å². The Morgan fingerprint density at radius 2 is 1.76 bits per heavy atom. The Hall–Kier alpha value is -2.21. The summed E-state index contributed by atoms with van der Waals surface area (Å²) in [7, 11) is -3.11. The number of nitrogens with one attached hydrogen (secondary N) is 1. The zero-order valence-corrected chi connectivity index (χ0v) is 19.1. The van der Waals surface area contributed by atoms with Crippen molar-refractivity contribution in [2.75, 3.05) is 25.4 Å². The predicted octanol–water partition coefficient (Wildman–Crippen LogP) is 2.72. The quantitative estimate of drug-likeness (QED) is 0.608. The van der Waals surface area contributed by atoms with Crippen LogP contribution in [-0.2, 0) is 14.6 Å². The third-order valence-corrected chi connectivity index (χ3v) is 7.99. The first-order valence-corrected chi connectivity index (χ1v) is 12.2. The monoisotopic (exact) mass is 496 g/mol. The SMILES string of the molecule is CC(C)CCN1CC2C(NC(=O)c3ccc(F)cc3)CCS(=O)(=O)C2C1.O=C(O)C(F)(F)F. The first-order chi connectivity index (χ1) is 15.2. The van der Waals surface area contributed by atoms with Gasteiger partial charge in [-0.05, 0) is 49.6 Å². The minimum Gasteiger partial charge on any atom is -0.475 e. The Kier molecular flexibility index (Phi) is 8.86. The molecule has 2 aliphatic heterocycles. The molecule has 0 aromatic heterocycles. The number of rotatable bonds is 5. The normalized spacial score (nSPS) is 24.5. The van der Waals surface area contributed by atoms with E-state index in [1.165, 1.54) is 24.3 Å². The summed E-state index contributed by atoms with van der Waals surface area (Å²) in [6.45, 7) is 6.46.